The lowest BCUT2D eigenvalue weighted by Gasteiger charge is -2.24. The monoisotopic (exact) mass is 278 g/mol. The third-order valence-corrected chi connectivity index (χ3v) is 2.90. The summed E-state index contributed by atoms with van der Waals surface area (Å²) in [4.78, 5) is 12.0. The molecule has 4 heteroatoms. The minimum Gasteiger partial charge on any atom is -0.481 e. The van der Waals surface area contributed by atoms with E-state index in [2.05, 4.69) is 5.32 Å². The lowest BCUT2D eigenvalue weighted by atomic mass is 10.1. The molecule has 0 aliphatic rings. The molecule has 0 aromatic heterocycles. The van der Waals surface area contributed by atoms with Crippen molar-refractivity contribution >= 4 is 5.91 Å². The predicted molar refractivity (Wildman–Crippen MR) is 81.8 cm³/mol. The van der Waals surface area contributed by atoms with Crippen molar-refractivity contribution in [2.45, 2.75) is 59.2 Å². The van der Waals surface area contributed by atoms with Gasteiger partial charge in [-0.2, -0.15) is 0 Å². The zero-order valence-corrected chi connectivity index (χ0v) is 13.3. The molecule has 20 heavy (non-hydrogen) atoms. The number of carbonyl (C=O) groups is 1. The standard InChI is InChI=1S/C16H26N2O2/c1-10-9-13(11(2)17)7-8-14(10)20-12(3)15(19)18-16(4,5)6/h7-9,11-12H,17H2,1-6H3,(H,18,19)/t11-,12?/m0/s1. The van der Waals surface area contributed by atoms with Crippen LogP contribution in [0.4, 0.5) is 0 Å². The van der Waals surface area contributed by atoms with Gasteiger partial charge in [0.05, 0.1) is 0 Å². The summed E-state index contributed by atoms with van der Waals surface area (Å²) in [5, 5.41) is 2.90. The first-order chi connectivity index (χ1) is 9.10. The van der Waals surface area contributed by atoms with Crippen LogP contribution in [0.15, 0.2) is 18.2 Å². The number of nitrogens with one attached hydrogen (secondary N) is 1. The number of benzene rings is 1. The van der Waals surface area contributed by atoms with Gasteiger partial charge in [-0.1, -0.05) is 12.1 Å². The van der Waals surface area contributed by atoms with Crippen LogP contribution in [0.25, 0.3) is 0 Å². The van der Waals surface area contributed by atoms with Crippen molar-refractivity contribution < 1.29 is 9.53 Å². The van der Waals surface area contributed by atoms with E-state index in [1.54, 1.807) is 6.92 Å². The maximum atomic E-state index is 12.0. The fourth-order valence-electron chi connectivity index (χ4n) is 1.80. The van der Waals surface area contributed by atoms with Gasteiger partial charge < -0.3 is 15.8 Å². The molecule has 1 amide bonds. The highest BCUT2D eigenvalue weighted by molar-refractivity contribution is 5.81. The van der Waals surface area contributed by atoms with E-state index in [1.165, 1.54) is 0 Å². The molecule has 0 heterocycles. The first-order valence-corrected chi connectivity index (χ1v) is 6.95. The van der Waals surface area contributed by atoms with Crippen LogP contribution < -0.4 is 15.8 Å². The van der Waals surface area contributed by atoms with E-state index in [0.717, 1.165) is 11.1 Å². The van der Waals surface area contributed by atoms with Crippen LogP contribution in [0.5, 0.6) is 5.75 Å². The molecular weight excluding hydrogens is 252 g/mol. The molecule has 112 valence electrons. The zero-order valence-electron chi connectivity index (χ0n) is 13.3. The van der Waals surface area contributed by atoms with Crippen molar-refractivity contribution in [2.75, 3.05) is 0 Å². The van der Waals surface area contributed by atoms with Gasteiger partial charge in [0.25, 0.3) is 5.91 Å². The highest BCUT2D eigenvalue weighted by Crippen LogP contribution is 2.23. The number of hydrogen-bond donors (Lipinski definition) is 2. The largest absolute Gasteiger partial charge is 0.481 e. The smallest absolute Gasteiger partial charge is 0.261 e. The third kappa shape index (κ3) is 4.85. The second kappa shape index (κ2) is 6.27. The van der Waals surface area contributed by atoms with Crippen LogP contribution in [-0.2, 0) is 4.79 Å². The van der Waals surface area contributed by atoms with Crippen molar-refractivity contribution in [1.82, 2.24) is 5.32 Å². The second-order valence-electron chi connectivity index (χ2n) is 6.31. The summed E-state index contributed by atoms with van der Waals surface area (Å²) >= 11 is 0. The molecule has 1 aromatic carbocycles. The van der Waals surface area contributed by atoms with Gasteiger partial charge in [0.2, 0.25) is 0 Å². The summed E-state index contributed by atoms with van der Waals surface area (Å²) in [6, 6.07) is 5.79. The van der Waals surface area contributed by atoms with Gasteiger partial charge in [-0.3, -0.25) is 4.79 Å². The predicted octanol–water partition coefficient (Wildman–Crippen LogP) is 2.70. The van der Waals surface area contributed by atoms with Gasteiger partial charge in [-0.05, 0) is 58.7 Å². The van der Waals surface area contributed by atoms with Crippen molar-refractivity contribution in [3.63, 3.8) is 0 Å². The van der Waals surface area contributed by atoms with E-state index >= 15 is 0 Å². The molecule has 0 radical (unpaired) electrons. The van der Waals surface area contributed by atoms with Crippen LogP contribution in [0, 0.1) is 6.92 Å². The average Bonchev–Trinajstić information content (AvgIpc) is 2.29. The van der Waals surface area contributed by atoms with Crippen molar-refractivity contribution in [1.29, 1.82) is 0 Å². The zero-order chi connectivity index (χ0) is 15.5. The van der Waals surface area contributed by atoms with Crippen LogP contribution in [0.2, 0.25) is 0 Å². The van der Waals surface area contributed by atoms with Gasteiger partial charge in [-0.25, -0.2) is 0 Å². The van der Waals surface area contributed by atoms with E-state index < -0.39 is 6.10 Å². The van der Waals surface area contributed by atoms with Crippen LogP contribution in [0.1, 0.15) is 51.8 Å². The van der Waals surface area contributed by atoms with Crippen LogP contribution >= 0.6 is 0 Å². The number of hydrogen-bond acceptors (Lipinski definition) is 3. The fourth-order valence-corrected chi connectivity index (χ4v) is 1.80. The molecule has 0 aliphatic heterocycles. The summed E-state index contributed by atoms with van der Waals surface area (Å²) in [7, 11) is 0. The quantitative estimate of drug-likeness (QED) is 0.890. The van der Waals surface area contributed by atoms with E-state index in [0.29, 0.717) is 5.75 Å². The van der Waals surface area contributed by atoms with Gasteiger partial charge in [0.1, 0.15) is 5.75 Å². The Morgan fingerprint density at radius 3 is 2.35 bits per heavy atom. The van der Waals surface area contributed by atoms with Crippen LogP contribution in [-0.4, -0.2) is 17.6 Å². The first-order valence-electron chi connectivity index (χ1n) is 6.95. The number of carbonyl (C=O) groups excluding carboxylic acids is 1. The van der Waals surface area contributed by atoms with E-state index in [9.17, 15) is 4.79 Å². The van der Waals surface area contributed by atoms with Crippen molar-refractivity contribution in [3.05, 3.63) is 29.3 Å². The Hall–Kier alpha value is -1.55. The molecule has 0 aliphatic carbocycles. The van der Waals surface area contributed by atoms with E-state index in [1.807, 2.05) is 52.8 Å². The lowest BCUT2D eigenvalue weighted by molar-refractivity contribution is -0.128. The highest BCUT2D eigenvalue weighted by Gasteiger charge is 2.21. The van der Waals surface area contributed by atoms with Crippen molar-refractivity contribution in [2.24, 2.45) is 5.73 Å². The topological polar surface area (TPSA) is 64.3 Å². The minimum atomic E-state index is -0.533. The third-order valence-electron chi connectivity index (χ3n) is 2.90. The Bertz CT molecular complexity index is 476. The Morgan fingerprint density at radius 1 is 1.30 bits per heavy atom. The van der Waals surface area contributed by atoms with Crippen LogP contribution in [0.3, 0.4) is 0 Å². The Morgan fingerprint density at radius 2 is 1.90 bits per heavy atom. The summed E-state index contributed by atoms with van der Waals surface area (Å²) in [6.45, 7) is 11.5. The minimum absolute atomic E-state index is 0.00985. The highest BCUT2D eigenvalue weighted by atomic mass is 16.5. The van der Waals surface area contributed by atoms with Gasteiger partial charge in [-0.15, -0.1) is 0 Å². The van der Waals surface area contributed by atoms with Crippen molar-refractivity contribution in [3.8, 4) is 5.75 Å². The number of ether oxygens (including phenoxy) is 1. The first kappa shape index (κ1) is 16.5. The molecule has 2 atom stereocenters. The molecule has 1 rings (SSSR count). The molecule has 1 aromatic rings. The summed E-state index contributed by atoms with van der Waals surface area (Å²) in [5.74, 6) is 0.596. The van der Waals surface area contributed by atoms with Gasteiger partial charge >= 0.3 is 0 Å². The number of aryl methyl sites for hydroxylation is 1. The Labute approximate surface area is 121 Å². The molecule has 0 saturated carbocycles. The second-order valence-corrected chi connectivity index (χ2v) is 6.31. The molecule has 4 nitrogen and oxygen atoms in total. The molecule has 0 fully saturated rings. The number of amides is 1. The van der Waals surface area contributed by atoms with Gasteiger partial charge in [0, 0.05) is 11.6 Å². The molecule has 0 bridgehead atoms. The van der Waals surface area contributed by atoms with E-state index in [4.69, 9.17) is 10.5 Å². The average molecular weight is 278 g/mol. The fraction of sp³-hybridized carbons (Fsp3) is 0.562. The molecule has 3 N–H and O–H groups in total. The Kier molecular flexibility index (Phi) is 5.17. The molecule has 0 spiro atoms. The number of nitrogens with two attached hydrogens (primary N) is 1. The summed E-state index contributed by atoms with van der Waals surface area (Å²) in [6.07, 6.45) is -0.533. The summed E-state index contributed by atoms with van der Waals surface area (Å²) in [5.41, 5.74) is 7.62. The summed E-state index contributed by atoms with van der Waals surface area (Å²) < 4.78 is 5.73. The molecular formula is C16H26N2O2. The van der Waals surface area contributed by atoms with E-state index in [-0.39, 0.29) is 17.5 Å². The van der Waals surface area contributed by atoms with Gasteiger partial charge in [0.15, 0.2) is 6.10 Å². The number of rotatable bonds is 4. The maximum Gasteiger partial charge on any atom is 0.261 e. The normalized spacial score (nSPS) is 14.6. The lowest BCUT2D eigenvalue weighted by Crippen LogP contribution is -2.46. The SMILES string of the molecule is Cc1cc([C@H](C)N)ccc1OC(C)C(=O)NC(C)(C)C. The maximum absolute atomic E-state index is 12.0. The molecule has 1 unspecified atom stereocenters. The molecule has 0 saturated heterocycles. The Balaban J connectivity index is 2.76.